The van der Waals surface area contributed by atoms with Crippen LogP contribution in [0.15, 0.2) is 12.4 Å². The molecule has 1 aromatic rings. The van der Waals surface area contributed by atoms with Crippen LogP contribution in [0.2, 0.25) is 0 Å². The molecule has 2 saturated heterocycles. The predicted octanol–water partition coefficient (Wildman–Crippen LogP) is 3.52. The number of nitrogens with zero attached hydrogens (tertiary/aromatic N) is 4. The third kappa shape index (κ3) is 6.49. The number of carbonyl (C=O) groups excluding carboxylic acids is 2. The quantitative estimate of drug-likeness (QED) is 0.704. The van der Waals surface area contributed by atoms with E-state index in [4.69, 9.17) is 4.74 Å². The van der Waals surface area contributed by atoms with Crippen LogP contribution in [0, 0.1) is 0 Å². The van der Waals surface area contributed by atoms with Gasteiger partial charge in [0.15, 0.2) is 0 Å². The van der Waals surface area contributed by atoms with Crippen LogP contribution in [0.25, 0.3) is 0 Å². The first-order valence-corrected chi connectivity index (χ1v) is 13.1. The predicted molar refractivity (Wildman–Crippen MR) is 127 cm³/mol. The third-order valence-electron chi connectivity index (χ3n) is 7.67. The van der Waals surface area contributed by atoms with E-state index in [0.29, 0.717) is 31.2 Å². The smallest absolute Gasteiger partial charge is 0.409 e. The SMILES string of the molecule is CCOC(=O)N1CCCC(N2CCC(c3nccn3CC(=O)NC3CCCCC3)CC2)CC1. The number of carbonyl (C=O) groups is 2. The molecule has 8 nitrogen and oxygen atoms in total. The molecular weight excluding hydrogens is 418 g/mol. The second-order valence-corrected chi connectivity index (χ2v) is 9.90. The van der Waals surface area contributed by atoms with Crippen molar-refractivity contribution in [2.75, 3.05) is 32.8 Å². The van der Waals surface area contributed by atoms with E-state index in [-0.39, 0.29) is 12.0 Å². The van der Waals surface area contributed by atoms with Gasteiger partial charge in [-0.3, -0.25) is 4.79 Å². The van der Waals surface area contributed by atoms with E-state index in [1.165, 1.54) is 19.3 Å². The highest BCUT2D eigenvalue weighted by Crippen LogP contribution is 2.30. The van der Waals surface area contributed by atoms with Crippen LogP contribution in [-0.2, 0) is 16.1 Å². The molecule has 2 aliphatic heterocycles. The minimum absolute atomic E-state index is 0.114. The maximum absolute atomic E-state index is 12.6. The first-order valence-electron chi connectivity index (χ1n) is 13.1. The number of nitrogens with one attached hydrogen (secondary N) is 1. The Morgan fingerprint density at radius 2 is 1.79 bits per heavy atom. The molecule has 3 fully saturated rings. The summed E-state index contributed by atoms with van der Waals surface area (Å²) < 4.78 is 7.25. The highest BCUT2D eigenvalue weighted by molar-refractivity contribution is 5.76. The lowest BCUT2D eigenvalue weighted by Crippen LogP contribution is -2.42. The lowest BCUT2D eigenvalue weighted by molar-refractivity contribution is -0.122. The molecule has 0 bridgehead atoms. The van der Waals surface area contributed by atoms with Crippen molar-refractivity contribution in [1.82, 2.24) is 24.7 Å². The van der Waals surface area contributed by atoms with Crippen molar-refractivity contribution in [2.24, 2.45) is 0 Å². The second-order valence-electron chi connectivity index (χ2n) is 9.90. The minimum Gasteiger partial charge on any atom is -0.450 e. The van der Waals surface area contributed by atoms with Crippen LogP contribution < -0.4 is 5.32 Å². The van der Waals surface area contributed by atoms with E-state index in [0.717, 1.165) is 76.9 Å². The Bertz CT molecular complexity index is 768. The summed E-state index contributed by atoms with van der Waals surface area (Å²) in [5.74, 6) is 1.58. The summed E-state index contributed by atoms with van der Waals surface area (Å²) >= 11 is 0. The number of piperidine rings is 1. The van der Waals surface area contributed by atoms with E-state index < -0.39 is 0 Å². The fraction of sp³-hybridized carbons (Fsp3) is 0.800. The van der Waals surface area contributed by atoms with Crippen LogP contribution in [0.4, 0.5) is 4.79 Å². The summed E-state index contributed by atoms with van der Waals surface area (Å²) in [5, 5.41) is 3.23. The van der Waals surface area contributed by atoms with E-state index in [1.807, 2.05) is 24.2 Å². The standard InChI is InChI=1S/C25H41N5O3/c1-2-33-25(32)29-14-6-9-22(12-17-29)28-15-10-20(11-16-28)24-26-13-18-30(24)19-23(31)27-21-7-4-3-5-8-21/h13,18,20-22H,2-12,14-17,19H2,1H3,(H,27,31). The molecule has 33 heavy (non-hydrogen) atoms. The molecule has 1 saturated carbocycles. The van der Waals surface area contributed by atoms with Gasteiger partial charge in [0.25, 0.3) is 0 Å². The highest BCUT2D eigenvalue weighted by atomic mass is 16.6. The van der Waals surface area contributed by atoms with Crippen LogP contribution in [-0.4, -0.2) is 76.2 Å². The van der Waals surface area contributed by atoms with Crippen LogP contribution in [0.1, 0.15) is 82.9 Å². The average molecular weight is 460 g/mol. The molecule has 1 atom stereocenters. The zero-order valence-electron chi connectivity index (χ0n) is 20.2. The molecule has 1 aliphatic carbocycles. The van der Waals surface area contributed by atoms with Crippen LogP contribution in [0.3, 0.4) is 0 Å². The van der Waals surface area contributed by atoms with Crippen LogP contribution in [0.5, 0.6) is 0 Å². The summed E-state index contributed by atoms with van der Waals surface area (Å²) in [6.45, 7) is 6.35. The summed E-state index contributed by atoms with van der Waals surface area (Å²) in [6, 6.07) is 0.882. The van der Waals surface area contributed by atoms with Crippen molar-refractivity contribution >= 4 is 12.0 Å². The molecule has 0 aromatic carbocycles. The average Bonchev–Trinajstić information content (AvgIpc) is 3.13. The Morgan fingerprint density at radius 3 is 2.55 bits per heavy atom. The Kier molecular flexibility index (Phi) is 8.64. The zero-order chi connectivity index (χ0) is 23.0. The second kappa shape index (κ2) is 11.9. The number of hydrogen-bond donors (Lipinski definition) is 1. The molecule has 1 aromatic heterocycles. The molecule has 2 amide bonds. The monoisotopic (exact) mass is 459 g/mol. The van der Waals surface area contributed by atoms with E-state index >= 15 is 0 Å². The zero-order valence-corrected chi connectivity index (χ0v) is 20.2. The van der Waals surface area contributed by atoms with Crippen molar-refractivity contribution in [3.8, 4) is 0 Å². The van der Waals surface area contributed by atoms with Crippen LogP contribution >= 0.6 is 0 Å². The highest BCUT2D eigenvalue weighted by Gasteiger charge is 2.30. The summed E-state index contributed by atoms with van der Waals surface area (Å²) in [4.78, 5) is 33.8. The Morgan fingerprint density at radius 1 is 1.00 bits per heavy atom. The summed E-state index contributed by atoms with van der Waals surface area (Å²) in [6.07, 6.45) is 14.9. The number of ether oxygens (including phenoxy) is 1. The first kappa shape index (κ1) is 24.0. The number of aromatic nitrogens is 2. The van der Waals surface area contributed by atoms with Crippen molar-refractivity contribution in [3.05, 3.63) is 18.2 Å². The fourth-order valence-electron chi connectivity index (χ4n) is 5.85. The van der Waals surface area contributed by atoms with Crippen molar-refractivity contribution in [3.63, 3.8) is 0 Å². The van der Waals surface area contributed by atoms with Gasteiger partial charge in [-0.2, -0.15) is 0 Å². The van der Waals surface area contributed by atoms with E-state index in [9.17, 15) is 9.59 Å². The number of imidazole rings is 1. The molecule has 1 N–H and O–H groups in total. The molecule has 184 valence electrons. The van der Waals surface area contributed by atoms with Gasteiger partial charge in [0.1, 0.15) is 12.4 Å². The van der Waals surface area contributed by atoms with Gasteiger partial charge in [-0.1, -0.05) is 19.3 Å². The van der Waals surface area contributed by atoms with Gasteiger partial charge in [-0.15, -0.1) is 0 Å². The first-order chi connectivity index (χ1) is 16.1. The van der Waals surface area contributed by atoms with Gasteiger partial charge in [-0.05, 0) is 65.0 Å². The molecule has 4 rings (SSSR count). The number of likely N-dealkylation sites (tertiary alicyclic amines) is 2. The lowest BCUT2D eigenvalue weighted by Gasteiger charge is -2.37. The molecule has 3 heterocycles. The molecular formula is C25H41N5O3. The maximum Gasteiger partial charge on any atom is 0.409 e. The van der Waals surface area contributed by atoms with Gasteiger partial charge in [0.05, 0.1) is 6.61 Å². The van der Waals surface area contributed by atoms with E-state index in [2.05, 4.69) is 19.8 Å². The summed E-state index contributed by atoms with van der Waals surface area (Å²) in [7, 11) is 0. The maximum atomic E-state index is 12.6. The number of rotatable bonds is 6. The molecule has 3 aliphatic rings. The Balaban J connectivity index is 1.25. The summed E-state index contributed by atoms with van der Waals surface area (Å²) in [5.41, 5.74) is 0. The number of amides is 2. The van der Waals surface area contributed by atoms with Gasteiger partial charge in [0, 0.05) is 43.5 Å². The van der Waals surface area contributed by atoms with Crippen molar-refractivity contribution in [2.45, 2.75) is 95.7 Å². The Hall–Kier alpha value is -2.09. The molecule has 0 radical (unpaired) electrons. The third-order valence-corrected chi connectivity index (χ3v) is 7.67. The largest absolute Gasteiger partial charge is 0.450 e. The van der Waals surface area contributed by atoms with Crippen molar-refractivity contribution in [1.29, 1.82) is 0 Å². The lowest BCUT2D eigenvalue weighted by atomic mass is 9.93. The van der Waals surface area contributed by atoms with Gasteiger partial charge in [0.2, 0.25) is 5.91 Å². The number of hydrogen-bond acceptors (Lipinski definition) is 5. The van der Waals surface area contributed by atoms with Gasteiger partial charge >= 0.3 is 6.09 Å². The van der Waals surface area contributed by atoms with Gasteiger partial charge in [-0.25, -0.2) is 9.78 Å². The molecule has 1 unspecified atom stereocenters. The normalized spacial score (nSPS) is 23.8. The minimum atomic E-state index is -0.170. The van der Waals surface area contributed by atoms with E-state index in [1.54, 1.807) is 0 Å². The Labute approximate surface area is 198 Å². The fourth-order valence-corrected chi connectivity index (χ4v) is 5.85. The molecule has 8 heteroatoms. The van der Waals surface area contributed by atoms with Crippen molar-refractivity contribution < 1.29 is 14.3 Å². The topological polar surface area (TPSA) is 79.7 Å². The van der Waals surface area contributed by atoms with Gasteiger partial charge < -0.3 is 24.4 Å². The molecule has 0 spiro atoms.